The molecule has 0 fully saturated rings. The van der Waals surface area contributed by atoms with E-state index in [0.717, 1.165) is 18.6 Å². The highest BCUT2D eigenvalue weighted by Gasteiger charge is 2.14. The first-order valence-corrected chi connectivity index (χ1v) is 23.2. The first kappa shape index (κ1) is 53.7. The number of aryl methyl sites for hydroxylation is 1. The van der Waals surface area contributed by atoms with Gasteiger partial charge in [-0.2, -0.15) is 8.42 Å². The second-order valence-electron chi connectivity index (χ2n) is 13.8. The third kappa shape index (κ3) is 38.7. The molecule has 14 heteroatoms. The van der Waals surface area contributed by atoms with E-state index in [1.807, 2.05) is 6.92 Å². The number of hydrogen-bond acceptors (Lipinski definition) is 13. The predicted molar refractivity (Wildman–Crippen MR) is 223 cm³/mol. The van der Waals surface area contributed by atoms with Gasteiger partial charge in [-0.3, -0.25) is 4.18 Å². The first-order chi connectivity index (χ1) is 28.1. The Labute approximate surface area is 346 Å². The summed E-state index contributed by atoms with van der Waals surface area (Å²) in [6.45, 7) is 14.0. The van der Waals surface area contributed by atoms with E-state index in [-0.39, 0.29) is 18.1 Å². The van der Waals surface area contributed by atoms with Gasteiger partial charge < -0.3 is 47.4 Å². The molecule has 1 aromatic rings. The zero-order valence-corrected chi connectivity index (χ0v) is 36.6. The van der Waals surface area contributed by atoms with Gasteiger partial charge in [0.1, 0.15) is 0 Å². The van der Waals surface area contributed by atoms with E-state index in [9.17, 15) is 8.42 Å². The van der Waals surface area contributed by atoms with Crippen LogP contribution in [-0.4, -0.2) is 147 Å². The third-order valence-electron chi connectivity index (χ3n) is 8.77. The average Bonchev–Trinajstić information content (AvgIpc) is 3.21. The van der Waals surface area contributed by atoms with E-state index in [0.29, 0.717) is 119 Å². The Bertz CT molecular complexity index is 1050. The molecule has 0 saturated heterocycles. The van der Waals surface area contributed by atoms with Crippen molar-refractivity contribution in [3.8, 4) is 0 Å². The molecule has 0 heterocycles. The summed E-state index contributed by atoms with van der Waals surface area (Å²) in [5.74, 6) is 0. The summed E-state index contributed by atoms with van der Waals surface area (Å²) < 4.78 is 84.3. The van der Waals surface area contributed by atoms with Crippen molar-refractivity contribution in [2.75, 3.05) is 139 Å². The van der Waals surface area contributed by atoms with Crippen molar-refractivity contribution in [3.63, 3.8) is 0 Å². The number of ether oxygens (including phenoxy) is 10. The fourth-order valence-corrected chi connectivity index (χ4v) is 6.35. The molecule has 0 saturated carbocycles. The molecule has 0 unspecified atom stereocenters. The topological polar surface area (TPSA) is 136 Å². The fourth-order valence-electron chi connectivity index (χ4n) is 5.46. The Morgan fingerprint density at radius 2 is 0.579 bits per heavy atom. The Morgan fingerprint density at radius 1 is 0.333 bits per heavy atom. The quantitative estimate of drug-likeness (QED) is 0.0479. The number of benzene rings is 1. The Balaban J connectivity index is 1.64. The molecule has 13 nitrogen and oxygen atoms in total. The van der Waals surface area contributed by atoms with E-state index in [1.165, 1.54) is 95.6 Å². The van der Waals surface area contributed by atoms with Gasteiger partial charge in [0.05, 0.1) is 137 Å². The van der Waals surface area contributed by atoms with Gasteiger partial charge in [0.2, 0.25) is 0 Å². The standard InChI is InChI=1S/C43H80O13S/c1-3-4-5-6-7-8-9-10-11-12-13-14-15-16-21-46-22-23-47-24-25-48-26-27-49-28-29-50-30-31-51-32-33-52-34-35-53-36-37-54-38-39-55-40-41-56-57(44,45)43-19-17-42(2)18-20-43/h17-20H,3-16,21-41H2,1-2H3. The molecule has 0 aliphatic heterocycles. The Hall–Kier alpha value is -1.27. The molecule has 0 amide bonds. The van der Waals surface area contributed by atoms with E-state index >= 15 is 0 Å². The fraction of sp³-hybridized carbons (Fsp3) is 0.860. The summed E-state index contributed by atoms with van der Waals surface area (Å²) in [5.41, 5.74) is 0.978. The molecule has 1 rings (SSSR count). The highest BCUT2D eigenvalue weighted by Crippen LogP contribution is 2.14. The molecule has 0 aromatic heterocycles. The van der Waals surface area contributed by atoms with Crippen molar-refractivity contribution in [1.82, 2.24) is 0 Å². The van der Waals surface area contributed by atoms with Gasteiger partial charge in [-0.15, -0.1) is 0 Å². The first-order valence-electron chi connectivity index (χ1n) is 21.8. The van der Waals surface area contributed by atoms with Crippen molar-refractivity contribution in [1.29, 1.82) is 0 Å². The lowest BCUT2D eigenvalue weighted by Crippen LogP contribution is -2.15. The summed E-state index contributed by atoms with van der Waals surface area (Å²) in [6.07, 6.45) is 19.2. The van der Waals surface area contributed by atoms with Crippen LogP contribution in [0.2, 0.25) is 0 Å². The molecule has 336 valence electrons. The van der Waals surface area contributed by atoms with Crippen LogP contribution in [0.3, 0.4) is 0 Å². The maximum atomic E-state index is 12.1. The van der Waals surface area contributed by atoms with Crippen LogP contribution in [-0.2, 0) is 61.7 Å². The van der Waals surface area contributed by atoms with Crippen LogP contribution in [0, 0.1) is 6.92 Å². The number of rotatable bonds is 47. The maximum Gasteiger partial charge on any atom is 0.297 e. The third-order valence-corrected chi connectivity index (χ3v) is 10.1. The molecule has 0 radical (unpaired) electrons. The number of unbranched alkanes of at least 4 members (excludes halogenated alkanes) is 13. The normalized spacial score (nSPS) is 11.9. The molecule has 1 aromatic carbocycles. The van der Waals surface area contributed by atoms with Crippen LogP contribution in [0.25, 0.3) is 0 Å². The minimum absolute atomic E-state index is 0.0567. The van der Waals surface area contributed by atoms with Crippen LogP contribution in [0.15, 0.2) is 29.2 Å². The summed E-state index contributed by atoms with van der Waals surface area (Å²) in [6, 6.07) is 6.50. The second kappa shape index (κ2) is 42.8. The lowest BCUT2D eigenvalue weighted by Gasteiger charge is -2.09. The van der Waals surface area contributed by atoms with Crippen molar-refractivity contribution in [3.05, 3.63) is 29.8 Å². The van der Waals surface area contributed by atoms with Gasteiger partial charge in [-0.25, -0.2) is 0 Å². The van der Waals surface area contributed by atoms with Crippen molar-refractivity contribution >= 4 is 10.1 Å². The maximum absolute atomic E-state index is 12.1. The molecule has 0 spiro atoms. The largest absolute Gasteiger partial charge is 0.379 e. The SMILES string of the molecule is CCCCCCCCCCCCCCCCOCCOCCOCCOCCOCCOCCOCCOCCOCCOCCOS(=O)(=O)c1ccc(C)cc1. The van der Waals surface area contributed by atoms with E-state index in [1.54, 1.807) is 12.1 Å². The van der Waals surface area contributed by atoms with Gasteiger partial charge in [-0.05, 0) is 25.5 Å². The molecule has 57 heavy (non-hydrogen) atoms. The minimum atomic E-state index is -3.77. The molecule has 0 atom stereocenters. The lowest BCUT2D eigenvalue weighted by molar-refractivity contribution is -0.0267. The summed E-state index contributed by atoms with van der Waals surface area (Å²) >= 11 is 0. The average molecular weight is 837 g/mol. The monoisotopic (exact) mass is 837 g/mol. The molecule has 0 N–H and O–H groups in total. The molecular weight excluding hydrogens is 757 g/mol. The molecular formula is C43H80O13S. The van der Waals surface area contributed by atoms with Crippen LogP contribution < -0.4 is 0 Å². The molecule has 0 bridgehead atoms. The van der Waals surface area contributed by atoms with Crippen molar-refractivity contribution in [2.24, 2.45) is 0 Å². The van der Waals surface area contributed by atoms with E-state index in [4.69, 9.17) is 51.6 Å². The second-order valence-corrected chi connectivity index (χ2v) is 15.4. The highest BCUT2D eigenvalue weighted by molar-refractivity contribution is 7.86. The van der Waals surface area contributed by atoms with E-state index < -0.39 is 10.1 Å². The predicted octanol–water partition coefficient (Wildman–Crippen LogP) is 7.35. The van der Waals surface area contributed by atoms with Gasteiger partial charge in [0, 0.05) is 6.61 Å². The van der Waals surface area contributed by atoms with Gasteiger partial charge in [0.25, 0.3) is 10.1 Å². The number of hydrogen-bond donors (Lipinski definition) is 0. The summed E-state index contributed by atoms with van der Waals surface area (Å²) in [7, 11) is -3.77. The zero-order valence-electron chi connectivity index (χ0n) is 35.8. The van der Waals surface area contributed by atoms with Crippen molar-refractivity contribution in [2.45, 2.75) is 109 Å². The van der Waals surface area contributed by atoms with Gasteiger partial charge in [0.15, 0.2) is 0 Å². The molecule has 0 aliphatic carbocycles. The molecule has 0 aliphatic rings. The zero-order chi connectivity index (χ0) is 41.0. The van der Waals surface area contributed by atoms with Gasteiger partial charge >= 0.3 is 0 Å². The van der Waals surface area contributed by atoms with Crippen molar-refractivity contribution < 1.29 is 60.0 Å². The van der Waals surface area contributed by atoms with E-state index in [2.05, 4.69) is 6.92 Å². The highest BCUT2D eigenvalue weighted by atomic mass is 32.2. The Kier molecular flexibility index (Phi) is 40.4. The van der Waals surface area contributed by atoms with Gasteiger partial charge in [-0.1, -0.05) is 108 Å². The summed E-state index contributed by atoms with van der Waals surface area (Å²) in [5, 5.41) is 0. The smallest absolute Gasteiger partial charge is 0.297 e. The van der Waals surface area contributed by atoms with Crippen LogP contribution >= 0.6 is 0 Å². The minimum Gasteiger partial charge on any atom is -0.379 e. The lowest BCUT2D eigenvalue weighted by atomic mass is 10.0. The Morgan fingerprint density at radius 3 is 0.877 bits per heavy atom. The van der Waals surface area contributed by atoms with Crippen LogP contribution in [0.5, 0.6) is 0 Å². The van der Waals surface area contributed by atoms with Crippen LogP contribution in [0.1, 0.15) is 102 Å². The summed E-state index contributed by atoms with van der Waals surface area (Å²) in [4.78, 5) is 0.131. The van der Waals surface area contributed by atoms with Crippen LogP contribution in [0.4, 0.5) is 0 Å².